The number of hydrogen-bond donors (Lipinski definition) is 3. The molecule has 0 aromatic heterocycles. The lowest BCUT2D eigenvalue weighted by Crippen LogP contribution is -2.18. The van der Waals surface area contributed by atoms with Crippen molar-refractivity contribution in [3.63, 3.8) is 0 Å². The number of halogens is 2. The van der Waals surface area contributed by atoms with E-state index in [4.69, 9.17) is 9.84 Å². The van der Waals surface area contributed by atoms with Gasteiger partial charge in [-0.3, -0.25) is 4.79 Å². The molecule has 0 aliphatic carbocycles. The topological polar surface area (TPSA) is 78.8 Å². The second kappa shape index (κ2) is 5.34. The van der Waals surface area contributed by atoms with E-state index in [-0.39, 0.29) is 34.5 Å². The molecule has 1 aromatic rings. The Morgan fingerprint density at radius 1 is 1.63 bits per heavy atom. The largest absolute Gasteiger partial charge is 0.504 e. The number of hydrogen-bond acceptors (Lipinski definition) is 4. The van der Waals surface area contributed by atoms with E-state index in [0.29, 0.717) is 0 Å². The fraction of sp³-hybridized carbons (Fsp3) is 0.417. The first-order chi connectivity index (χ1) is 8.95. The highest BCUT2D eigenvalue weighted by molar-refractivity contribution is 9.10. The third kappa shape index (κ3) is 2.52. The lowest BCUT2D eigenvalue weighted by atomic mass is 9.98. The third-order valence-corrected chi connectivity index (χ3v) is 3.82. The number of rotatable bonds is 3. The Morgan fingerprint density at radius 2 is 2.32 bits per heavy atom. The summed E-state index contributed by atoms with van der Waals surface area (Å²) in [6.07, 6.45) is 0.222. The summed E-state index contributed by atoms with van der Waals surface area (Å²) >= 11 is 3.05. The van der Waals surface area contributed by atoms with Crippen molar-refractivity contribution in [3.8, 4) is 11.5 Å². The Balaban J connectivity index is 2.40. The molecular formula is C12H13BrFNO4. The summed E-state index contributed by atoms with van der Waals surface area (Å²) in [5, 5.41) is 21.9. The standard InChI is InChI=1S/C12H13BrFNO4/c1-19-8-3-6(13)10(14)9(11(8)16)7-2-5(4-15-7)12(17)18/h3,5,7,15-16H,2,4H2,1H3,(H,17,18). The van der Waals surface area contributed by atoms with Gasteiger partial charge in [0.25, 0.3) is 0 Å². The molecule has 1 aliphatic rings. The highest BCUT2D eigenvalue weighted by atomic mass is 79.9. The van der Waals surface area contributed by atoms with Gasteiger partial charge in [0.05, 0.1) is 23.1 Å². The molecule has 1 aliphatic heterocycles. The van der Waals surface area contributed by atoms with Crippen molar-refractivity contribution in [3.05, 3.63) is 21.9 Å². The van der Waals surface area contributed by atoms with Crippen LogP contribution in [0.25, 0.3) is 0 Å². The van der Waals surface area contributed by atoms with Crippen LogP contribution in [0.1, 0.15) is 18.0 Å². The van der Waals surface area contributed by atoms with Gasteiger partial charge in [-0.05, 0) is 22.4 Å². The Morgan fingerprint density at radius 3 is 2.84 bits per heavy atom. The zero-order valence-corrected chi connectivity index (χ0v) is 11.7. The normalized spacial score (nSPS) is 22.5. The van der Waals surface area contributed by atoms with Crippen molar-refractivity contribution in [2.24, 2.45) is 5.92 Å². The highest BCUT2D eigenvalue weighted by Crippen LogP contribution is 2.42. The molecule has 2 unspecified atom stereocenters. The molecule has 0 radical (unpaired) electrons. The summed E-state index contributed by atoms with van der Waals surface area (Å²) in [4.78, 5) is 10.9. The van der Waals surface area contributed by atoms with Gasteiger partial charge in [-0.2, -0.15) is 0 Å². The second-order valence-electron chi connectivity index (χ2n) is 4.37. The SMILES string of the molecule is COc1cc(Br)c(F)c(C2CC(C(=O)O)CN2)c1O. The van der Waals surface area contributed by atoms with Gasteiger partial charge in [-0.15, -0.1) is 0 Å². The molecule has 0 bridgehead atoms. The number of phenolic OH excluding ortho intramolecular Hbond substituents is 1. The van der Waals surface area contributed by atoms with Crippen molar-refractivity contribution < 1.29 is 24.1 Å². The first-order valence-corrected chi connectivity index (χ1v) is 6.46. The van der Waals surface area contributed by atoms with Crippen LogP contribution in [-0.2, 0) is 4.79 Å². The van der Waals surface area contributed by atoms with E-state index in [1.807, 2.05) is 0 Å². The summed E-state index contributed by atoms with van der Waals surface area (Å²) in [6, 6.07) is 0.783. The minimum absolute atomic E-state index is 0.0370. The zero-order chi connectivity index (χ0) is 14.2. The van der Waals surface area contributed by atoms with E-state index in [1.165, 1.54) is 13.2 Å². The Hall–Kier alpha value is -1.34. The molecule has 0 spiro atoms. The first-order valence-electron chi connectivity index (χ1n) is 5.66. The molecule has 1 saturated heterocycles. The highest BCUT2D eigenvalue weighted by Gasteiger charge is 2.34. The van der Waals surface area contributed by atoms with Crippen molar-refractivity contribution in [1.29, 1.82) is 0 Å². The second-order valence-corrected chi connectivity index (χ2v) is 5.22. The number of carboxylic acid groups (broad SMARTS) is 1. The van der Waals surface area contributed by atoms with Crippen LogP contribution >= 0.6 is 15.9 Å². The number of ether oxygens (including phenoxy) is 1. The molecule has 2 rings (SSSR count). The molecule has 104 valence electrons. The third-order valence-electron chi connectivity index (χ3n) is 3.24. The average Bonchev–Trinajstić information content (AvgIpc) is 2.83. The number of phenols is 1. The zero-order valence-electron chi connectivity index (χ0n) is 10.1. The summed E-state index contributed by atoms with van der Waals surface area (Å²) in [5.74, 6) is -2.29. The molecule has 1 aromatic carbocycles. The van der Waals surface area contributed by atoms with Crippen molar-refractivity contribution in [2.75, 3.05) is 13.7 Å². The monoisotopic (exact) mass is 333 g/mol. The van der Waals surface area contributed by atoms with Crippen LogP contribution < -0.4 is 10.1 Å². The minimum Gasteiger partial charge on any atom is -0.504 e. The fourth-order valence-corrected chi connectivity index (χ4v) is 2.65. The van der Waals surface area contributed by atoms with Gasteiger partial charge in [0, 0.05) is 18.7 Å². The first kappa shape index (κ1) is 14.1. The van der Waals surface area contributed by atoms with Gasteiger partial charge in [0.2, 0.25) is 0 Å². The van der Waals surface area contributed by atoms with Gasteiger partial charge in [0.1, 0.15) is 5.82 Å². The molecule has 0 amide bonds. The minimum atomic E-state index is -0.933. The van der Waals surface area contributed by atoms with Crippen LogP contribution in [0.2, 0.25) is 0 Å². The van der Waals surface area contributed by atoms with Gasteiger partial charge in [0.15, 0.2) is 11.5 Å². The van der Waals surface area contributed by atoms with Crippen LogP contribution in [0.3, 0.4) is 0 Å². The predicted molar refractivity (Wildman–Crippen MR) is 68.8 cm³/mol. The van der Waals surface area contributed by atoms with E-state index in [0.717, 1.165) is 0 Å². The number of aliphatic carboxylic acids is 1. The number of benzene rings is 1. The fourth-order valence-electron chi connectivity index (χ4n) is 2.23. The molecule has 7 heteroatoms. The van der Waals surface area contributed by atoms with E-state index < -0.39 is 23.7 Å². The van der Waals surface area contributed by atoms with Crippen molar-refractivity contribution in [1.82, 2.24) is 5.32 Å². The Kier molecular flexibility index (Phi) is 3.96. The Bertz CT molecular complexity index is 523. The van der Waals surface area contributed by atoms with Crippen LogP contribution in [0.4, 0.5) is 4.39 Å². The summed E-state index contributed by atoms with van der Waals surface area (Å²) in [6.45, 7) is 0.244. The maximum absolute atomic E-state index is 14.1. The van der Waals surface area contributed by atoms with Gasteiger partial charge in [-0.25, -0.2) is 4.39 Å². The average molecular weight is 334 g/mol. The van der Waals surface area contributed by atoms with Gasteiger partial charge in [-0.1, -0.05) is 0 Å². The predicted octanol–water partition coefficient (Wildman–Crippen LogP) is 2.04. The molecule has 1 fully saturated rings. The molecular weight excluding hydrogens is 321 g/mol. The van der Waals surface area contributed by atoms with Gasteiger partial charge >= 0.3 is 5.97 Å². The summed E-state index contributed by atoms with van der Waals surface area (Å²) < 4.78 is 19.2. The van der Waals surface area contributed by atoms with Crippen molar-refractivity contribution >= 4 is 21.9 Å². The maximum Gasteiger partial charge on any atom is 0.307 e. The maximum atomic E-state index is 14.1. The lowest BCUT2D eigenvalue weighted by Gasteiger charge is -2.17. The number of aromatic hydroxyl groups is 1. The van der Waals surface area contributed by atoms with E-state index >= 15 is 0 Å². The van der Waals surface area contributed by atoms with E-state index in [2.05, 4.69) is 21.2 Å². The van der Waals surface area contributed by atoms with Crippen molar-refractivity contribution in [2.45, 2.75) is 12.5 Å². The number of nitrogens with one attached hydrogen (secondary N) is 1. The van der Waals surface area contributed by atoms with Gasteiger partial charge < -0.3 is 20.3 Å². The molecule has 5 nitrogen and oxygen atoms in total. The lowest BCUT2D eigenvalue weighted by molar-refractivity contribution is -0.141. The Labute approximate surface area is 117 Å². The molecule has 19 heavy (non-hydrogen) atoms. The van der Waals surface area contributed by atoms with Crippen LogP contribution in [0.15, 0.2) is 10.5 Å². The van der Waals surface area contributed by atoms with E-state index in [9.17, 15) is 14.3 Å². The van der Waals surface area contributed by atoms with E-state index in [1.54, 1.807) is 0 Å². The smallest absolute Gasteiger partial charge is 0.307 e. The summed E-state index contributed by atoms with van der Waals surface area (Å²) in [5.41, 5.74) is 0.0370. The summed E-state index contributed by atoms with van der Waals surface area (Å²) in [7, 11) is 1.37. The van der Waals surface area contributed by atoms with Crippen LogP contribution in [-0.4, -0.2) is 29.8 Å². The number of carboxylic acids is 1. The number of carbonyl (C=O) groups is 1. The molecule has 3 N–H and O–H groups in total. The molecule has 1 heterocycles. The quantitative estimate of drug-likeness (QED) is 0.788. The molecule has 2 atom stereocenters. The number of methoxy groups -OCH3 is 1. The van der Waals surface area contributed by atoms with Crippen LogP contribution in [0.5, 0.6) is 11.5 Å². The molecule has 0 saturated carbocycles. The van der Waals surface area contributed by atoms with Crippen LogP contribution in [0, 0.1) is 11.7 Å².